The zero-order valence-corrected chi connectivity index (χ0v) is 25.6. The Labute approximate surface area is 251 Å². The van der Waals surface area contributed by atoms with Crippen LogP contribution in [0.3, 0.4) is 0 Å². The number of benzene rings is 3. The summed E-state index contributed by atoms with van der Waals surface area (Å²) in [5, 5.41) is 3.15. The zero-order chi connectivity index (χ0) is 29.4. The second kappa shape index (κ2) is 14.2. The van der Waals surface area contributed by atoms with Gasteiger partial charge in [0.15, 0.2) is 0 Å². The van der Waals surface area contributed by atoms with Gasteiger partial charge in [-0.1, -0.05) is 102 Å². The van der Waals surface area contributed by atoms with Gasteiger partial charge in [-0.3, -0.25) is 13.9 Å². The summed E-state index contributed by atoms with van der Waals surface area (Å²) in [6.07, 6.45) is 1.92. The third-order valence-corrected chi connectivity index (χ3v) is 8.34. The first-order valence-electron chi connectivity index (χ1n) is 12.7. The molecule has 40 heavy (non-hydrogen) atoms. The van der Waals surface area contributed by atoms with Crippen molar-refractivity contribution in [1.82, 2.24) is 10.2 Å². The molecule has 0 aliphatic heterocycles. The maximum atomic E-state index is 14.1. The van der Waals surface area contributed by atoms with Crippen molar-refractivity contribution in [3.8, 4) is 0 Å². The molecule has 0 aliphatic rings. The zero-order valence-electron chi connectivity index (χ0n) is 22.5. The number of amides is 2. The maximum absolute atomic E-state index is 14.1. The third kappa shape index (κ3) is 8.61. The van der Waals surface area contributed by atoms with Gasteiger partial charge in [0.2, 0.25) is 21.8 Å². The number of halogens is 3. The van der Waals surface area contributed by atoms with Crippen molar-refractivity contribution in [1.29, 1.82) is 0 Å². The summed E-state index contributed by atoms with van der Waals surface area (Å²) in [6, 6.07) is 18.7. The van der Waals surface area contributed by atoms with E-state index in [1.165, 1.54) is 17.0 Å². The van der Waals surface area contributed by atoms with Gasteiger partial charge in [-0.15, -0.1) is 0 Å². The fourth-order valence-electron chi connectivity index (χ4n) is 4.23. The van der Waals surface area contributed by atoms with Crippen molar-refractivity contribution in [3.05, 3.63) is 98.5 Å². The van der Waals surface area contributed by atoms with Crippen molar-refractivity contribution in [3.63, 3.8) is 0 Å². The lowest BCUT2D eigenvalue weighted by molar-refractivity contribution is -0.140. The van der Waals surface area contributed by atoms with E-state index in [-0.39, 0.29) is 39.6 Å². The predicted molar refractivity (Wildman–Crippen MR) is 163 cm³/mol. The number of carbonyl (C=O) groups excluding carboxylic acids is 2. The number of aryl methyl sites for hydroxylation is 1. The standard InChI is InChI=1S/C29H32Cl3N3O4S/c1-4-13-33-29(37)27(15-21-10-6-5-7-11-21)34(18-22-12-8-9-20(2)14-22)28(36)19-35(40(3,38)39)26-17-24(31)23(30)16-25(26)32/h5-12,14,16-17,27H,4,13,15,18-19H2,1-3H3,(H,33,37)/t27-/m0/s1. The highest BCUT2D eigenvalue weighted by atomic mass is 35.5. The van der Waals surface area contributed by atoms with Crippen LogP contribution in [0, 0.1) is 6.92 Å². The first kappa shape index (κ1) is 31.7. The smallest absolute Gasteiger partial charge is 0.244 e. The van der Waals surface area contributed by atoms with E-state index in [1.54, 1.807) is 0 Å². The molecule has 0 bridgehead atoms. The molecule has 0 spiro atoms. The number of anilines is 1. The van der Waals surface area contributed by atoms with E-state index in [9.17, 15) is 18.0 Å². The first-order chi connectivity index (χ1) is 18.9. The van der Waals surface area contributed by atoms with Gasteiger partial charge in [-0.25, -0.2) is 8.42 Å². The Hall–Kier alpha value is -2.78. The minimum Gasteiger partial charge on any atom is -0.354 e. The van der Waals surface area contributed by atoms with Gasteiger partial charge in [-0.2, -0.15) is 0 Å². The van der Waals surface area contributed by atoms with Crippen molar-refractivity contribution < 1.29 is 18.0 Å². The van der Waals surface area contributed by atoms with E-state index < -0.39 is 28.5 Å². The van der Waals surface area contributed by atoms with Crippen LogP contribution < -0.4 is 9.62 Å². The predicted octanol–water partition coefficient (Wildman–Crippen LogP) is 5.89. The maximum Gasteiger partial charge on any atom is 0.244 e. The summed E-state index contributed by atoms with van der Waals surface area (Å²) in [5.41, 5.74) is 2.65. The van der Waals surface area contributed by atoms with Crippen LogP contribution in [0.2, 0.25) is 15.1 Å². The highest BCUT2D eigenvalue weighted by Gasteiger charge is 2.33. The van der Waals surface area contributed by atoms with Gasteiger partial charge in [0, 0.05) is 19.5 Å². The normalized spacial score (nSPS) is 12.1. The Kier molecular flexibility index (Phi) is 11.3. The lowest BCUT2D eigenvalue weighted by Gasteiger charge is -2.33. The first-order valence-corrected chi connectivity index (χ1v) is 15.7. The summed E-state index contributed by atoms with van der Waals surface area (Å²) in [4.78, 5) is 29.0. The van der Waals surface area contributed by atoms with Gasteiger partial charge in [0.1, 0.15) is 12.6 Å². The van der Waals surface area contributed by atoms with Gasteiger partial charge < -0.3 is 10.2 Å². The molecule has 0 aromatic heterocycles. The molecule has 3 rings (SSSR count). The summed E-state index contributed by atoms with van der Waals surface area (Å²) < 4.78 is 26.7. The molecule has 3 aromatic rings. The number of hydrogen-bond acceptors (Lipinski definition) is 4. The summed E-state index contributed by atoms with van der Waals surface area (Å²) in [7, 11) is -4.00. The molecule has 0 saturated heterocycles. The SMILES string of the molecule is CCCNC(=O)[C@H](Cc1ccccc1)N(Cc1cccc(C)c1)C(=O)CN(c1cc(Cl)c(Cl)cc1Cl)S(C)(=O)=O. The third-order valence-electron chi connectivity index (χ3n) is 6.19. The second-order valence-corrected chi connectivity index (χ2v) is 12.6. The molecule has 3 aromatic carbocycles. The molecule has 0 aliphatic carbocycles. The molecule has 0 unspecified atom stereocenters. The monoisotopic (exact) mass is 623 g/mol. The molecule has 0 fully saturated rings. The fraction of sp³-hybridized carbons (Fsp3) is 0.310. The van der Waals surface area contributed by atoms with Crippen LogP contribution in [-0.4, -0.2) is 50.5 Å². The largest absolute Gasteiger partial charge is 0.354 e. The highest BCUT2D eigenvalue weighted by Crippen LogP contribution is 2.35. The number of nitrogens with zero attached hydrogens (tertiary/aromatic N) is 2. The van der Waals surface area contributed by atoms with Crippen LogP contribution in [0.4, 0.5) is 5.69 Å². The van der Waals surface area contributed by atoms with E-state index in [0.717, 1.165) is 27.3 Å². The number of sulfonamides is 1. The van der Waals surface area contributed by atoms with Crippen LogP contribution in [0.25, 0.3) is 0 Å². The molecule has 1 atom stereocenters. The van der Waals surface area contributed by atoms with E-state index in [4.69, 9.17) is 34.8 Å². The quantitative estimate of drug-likeness (QED) is 0.255. The fourth-order valence-corrected chi connectivity index (χ4v) is 5.77. The van der Waals surface area contributed by atoms with E-state index >= 15 is 0 Å². The molecule has 214 valence electrons. The molecule has 0 heterocycles. The van der Waals surface area contributed by atoms with Crippen LogP contribution in [0.5, 0.6) is 0 Å². The van der Waals surface area contributed by atoms with E-state index in [1.807, 2.05) is 68.4 Å². The number of rotatable bonds is 12. The molecule has 7 nitrogen and oxygen atoms in total. The molecular weight excluding hydrogens is 593 g/mol. The Bertz CT molecular complexity index is 1450. The van der Waals surface area contributed by atoms with Crippen molar-refractivity contribution in [2.45, 2.75) is 39.3 Å². The van der Waals surface area contributed by atoms with Gasteiger partial charge >= 0.3 is 0 Å². The summed E-state index contributed by atoms with van der Waals surface area (Å²) in [6.45, 7) is 3.79. The molecule has 2 amide bonds. The summed E-state index contributed by atoms with van der Waals surface area (Å²) in [5.74, 6) is -0.910. The molecule has 0 radical (unpaired) electrons. The lowest BCUT2D eigenvalue weighted by atomic mass is 10.0. The number of carbonyl (C=O) groups is 2. The van der Waals surface area contributed by atoms with E-state index in [0.29, 0.717) is 13.0 Å². The van der Waals surface area contributed by atoms with E-state index in [2.05, 4.69) is 5.32 Å². The summed E-state index contributed by atoms with van der Waals surface area (Å²) >= 11 is 18.6. The highest BCUT2D eigenvalue weighted by molar-refractivity contribution is 7.92. The van der Waals surface area contributed by atoms with Crippen molar-refractivity contribution in [2.75, 3.05) is 23.7 Å². The molecule has 0 saturated carbocycles. The van der Waals surface area contributed by atoms with Gasteiger partial charge in [-0.05, 0) is 36.6 Å². The number of hydrogen-bond donors (Lipinski definition) is 1. The van der Waals surface area contributed by atoms with Gasteiger partial charge in [0.25, 0.3) is 0 Å². The molecule has 1 N–H and O–H groups in total. The Balaban J connectivity index is 2.08. The Morgan fingerprint density at radius 1 is 0.900 bits per heavy atom. The van der Waals surface area contributed by atoms with Crippen LogP contribution in [0.1, 0.15) is 30.0 Å². The second-order valence-electron chi connectivity index (χ2n) is 9.49. The topological polar surface area (TPSA) is 86.8 Å². The minimum absolute atomic E-state index is 0.0115. The average molecular weight is 625 g/mol. The minimum atomic E-state index is -4.00. The lowest BCUT2D eigenvalue weighted by Crippen LogP contribution is -2.53. The average Bonchev–Trinajstić information content (AvgIpc) is 2.90. The van der Waals surface area contributed by atoms with Crippen LogP contribution >= 0.6 is 34.8 Å². The van der Waals surface area contributed by atoms with Gasteiger partial charge in [0.05, 0.1) is 27.0 Å². The van der Waals surface area contributed by atoms with Crippen molar-refractivity contribution >= 4 is 62.3 Å². The molecule has 11 heteroatoms. The number of nitrogens with one attached hydrogen (secondary N) is 1. The molecular formula is C29H32Cl3N3O4S. The van der Waals surface area contributed by atoms with Crippen LogP contribution in [0.15, 0.2) is 66.7 Å². The Morgan fingerprint density at radius 3 is 2.17 bits per heavy atom. The Morgan fingerprint density at radius 2 is 1.55 bits per heavy atom. The van der Waals surface area contributed by atoms with Crippen LogP contribution in [-0.2, 0) is 32.6 Å². The van der Waals surface area contributed by atoms with Crippen molar-refractivity contribution in [2.24, 2.45) is 0 Å².